The molecule has 0 radical (unpaired) electrons. The third kappa shape index (κ3) is 1.71. The van der Waals surface area contributed by atoms with E-state index in [0.29, 0.717) is 11.7 Å². The Morgan fingerprint density at radius 1 is 1.43 bits per heavy atom. The Bertz CT molecular complexity index is 322. The van der Waals surface area contributed by atoms with Crippen LogP contribution in [0.25, 0.3) is 0 Å². The number of carbonyl (C=O) groups excluding carboxylic acids is 2. The van der Waals surface area contributed by atoms with Crippen LogP contribution in [0, 0.1) is 0 Å². The Morgan fingerprint density at radius 2 is 2.21 bits per heavy atom. The van der Waals surface area contributed by atoms with Crippen LogP contribution in [-0.4, -0.2) is 22.8 Å². The number of hydrogen-bond donors (Lipinski definition) is 1. The van der Waals surface area contributed by atoms with Crippen LogP contribution in [0.3, 0.4) is 0 Å². The molecule has 0 aliphatic carbocycles. The van der Waals surface area contributed by atoms with Crippen molar-refractivity contribution in [3.8, 4) is 0 Å². The third-order valence-electron chi connectivity index (χ3n) is 2.70. The van der Waals surface area contributed by atoms with E-state index >= 15 is 0 Å². The molecule has 0 aromatic carbocycles. The molecule has 4 heteroatoms. The van der Waals surface area contributed by atoms with E-state index in [0.717, 1.165) is 24.2 Å². The predicted octanol–water partition coefficient (Wildman–Crippen LogP) is 1.24. The van der Waals surface area contributed by atoms with Gasteiger partial charge in [0.15, 0.2) is 0 Å². The summed E-state index contributed by atoms with van der Waals surface area (Å²) in [6.07, 6.45) is 2.39. The highest BCUT2D eigenvalue weighted by atomic mass is 32.2. The molecule has 1 atom stereocenters. The number of imide groups is 1. The first-order chi connectivity index (χ1) is 6.68. The van der Waals surface area contributed by atoms with E-state index in [2.05, 4.69) is 12.2 Å². The fourth-order valence-electron chi connectivity index (χ4n) is 1.97. The van der Waals surface area contributed by atoms with Gasteiger partial charge in [-0.3, -0.25) is 14.9 Å². The summed E-state index contributed by atoms with van der Waals surface area (Å²) in [6.45, 7) is 2.11. The van der Waals surface area contributed by atoms with Gasteiger partial charge in [-0.05, 0) is 31.1 Å². The van der Waals surface area contributed by atoms with E-state index in [1.807, 2.05) is 11.8 Å². The van der Waals surface area contributed by atoms with Gasteiger partial charge in [-0.25, -0.2) is 0 Å². The molecule has 76 valence electrons. The first-order valence-electron chi connectivity index (χ1n) is 4.86. The molecule has 0 bridgehead atoms. The van der Waals surface area contributed by atoms with Crippen molar-refractivity contribution < 1.29 is 9.59 Å². The number of thioether (sulfide) groups is 1. The van der Waals surface area contributed by atoms with Crippen LogP contribution < -0.4 is 5.32 Å². The summed E-state index contributed by atoms with van der Waals surface area (Å²) in [5, 5.41) is 2.74. The largest absolute Gasteiger partial charge is 0.292 e. The second-order valence-electron chi connectivity index (χ2n) is 3.67. The van der Waals surface area contributed by atoms with Crippen LogP contribution in [0.1, 0.15) is 26.2 Å². The number of amides is 2. The summed E-state index contributed by atoms with van der Waals surface area (Å²) in [5.74, 6) is 0.840. The summed E-state index contributed by atoms with van der Waals surface area (Å²) in [6, 6.07) is 0. The van der Waals surface area contributed by atoms with Crippen molar-refractivity contribution in [1.82, 2.24) is 5.32 Å². The maximum absolute atomic E-state index is 11.4. The summed E-state index contributed by atoms with van der Waals surface area (Å²) in [4.78, 5) is 22.5. The Labute approximate surface area is 87.3 Å². The highest BCUT2D eigenvalue weighted by molar-refractivity contribution is 8.00. The molecule has 0 aromatic heterocycles. The van der Waals surface area contributed by atoms with Crippen LogP contribution in [0.2, 0.25) is 0 Å². The highest BCUT2D eigenvalue weighted by Crippen LogP contribution is 2.33. The third-order valence-corrected chi connectivity index (χ3v) is 4.01. The number of carbonyl (C=O) groups is 2. The standard InChI is InChI=1S/C10H13NO2S/c1-6-7(3-2-4-14-6)8-5-9(12)11-10(8)13/h6H,2-5H2,1H3,(H,11,12,13). The van der Waals surface area contributed by atoms with E-state index < -0.39 is 0 Å². The Balaban J connectivity index is 2.28. The molecule has 14 heavy (non-hydrogen) atoms. The first-order valence-corrected chi connectivity index (χ1v) is 5.91. The van der Waals surface area contributed by atoms with Crippen molar-refractivity contribution in [3.63, 3.8) is 0 Å². The van der Waals surface area contributed by atoms with Gasteiger partial charge >= 0.3 is 0 Å². The molecule has 2 rings (SSSR count). The molecular formula is C10H13NO2S. The lowest BCUT2D eigenvalue weighted by Gasteiger charge is -2.22. The van der Waals surface area contributed by atoms with Crippen molar-refractivity contribution >= 4 is 23.6 Å². The summed E-state index contributed by atoms with van der Waals surface area (Å²) >= 11 is 1.87. The van der Waals surface area contributed by atoms with Crippen LogP contribution in [0.5, 0.6) is 0 Å². The minimum Gasteiger partial charge on any atom is -0.292 e. The summed E-state index contributed by atoms with van der Waals surface area (Å²) in [5.41, 5.74) is 1.92. The average Bonchev–Trinajstić information content (AvgIpc) is 2.46. The molecule has 3 nitrogen and oxygen atoms in total. The molecule has 2 heterocycles. The van der Waals surface area contributed by atoms with Crippen molar-refractivity contribution in [2.45, 2.75) is 31.4 Å². The lowest BCUT2D eigenvalue weighted by molar-refractivity contribution is -0.124. The van der Waals surface area contributed by atoms with E-state index in [4.69, 9.17) is 0 Å². The zero-order chi connectivity index (χ0) is 10.1. The Morgan fingerprint density at radius 3 is 2.79 bits per heavy atom. The maximum atomic E-state index is 11.4. The van der Waals surface area contributed by atoms with Gasteiger partial charge in [-0.1, -0.05) is 0 Å². The molecule has 1 unspecified atom stereocenters. The van der Waals surface area contributed by atoms with E-state index in [-0.39, 0.29) is 11.8 Å². The predicted molar refractivity (Wildman–Crippen MR) is 55.9 cm³/mol. The highest BCUT2D eigenvalue weighted by Gasteiger charge is 2.29. The number of hydrogen-bond acceptors (Lipinski definition) is 3. The molecule has 2 amide bonds. The SMILES string of the molecule is CC1SCCCC1=C1CC(=O)NC1=O. The fourth-order valence-corrected chi connectivity index (χ4v) is 3.10. The maximum Gasteiger partial charge on any atom is 0.254 e. The van der Waals surface area contributed by atoms with Gasteiger partial charge in [0.05, 0.1) is 6.42 Å². The van der Waals surface area contributed by atoms with Crippen molar-refractivity contribution in [2.24, 2.45) is 0 Å². The Hall–Kier alpha value is -0.770. The molecule has 2 fully saturated rings. The summed E-state index contributed by atoms with van der Waals surface area (Å²) < 4.78 is 0. The van der Waals surface area contributed by atoms with Gasteiger partial charge in [-0.15, -0.1) is 0 Å². The van der Waals surface area contributed by atoms with Crippen LogP contribution in [-0.2, 0) is 9.59 Å². The van der Waals surface area contributed by atoms with Crippen LogP contribution in [0.15, 0.2) is 11.1 Å². The second-order valence-corrected chi connectivity index (χ2v) is 5.12. The minimum absolute atomic E-state index is 0.153. The zero-order valence-corrected chi connectivity index (χ0v) is 8.95. The molecule has 2 aliphatic rings. The van der Waals surface area contributed by atoms with Crippen LogP contribution in [0.4, 0.5) is 0 Å². The number of nitrogens with one attached hydrogen (secondary N) is 1. The average molecular weight is 211 g/mol. The van der Waals surface area contributed by atoms with Gasteiger partial charge in [-0.2, -0.15) is 11.8 Å². The van der Waals surface area contributed by atoms with Gasteiger partial charge in [0.25, 0.3) is 5.91 Å². The quantitative estimate of drug-likeness (QED) is 0.484. The van der Waals surface area contributed by atoms with Crippen molar-refractivity contribution in [1.29, 1.82) is 0 Å². The van der Waals surface area contributed by atoms with Gasteiger partial charge < -0.3 is 0 Å². The first kappa shape index (κ1) is 9.77. The van der Waals surface area contributed by atoms with Crippen LogP contribution >= 0.6 is 11.8 Å². The molecule has 2 aliphatic heterocycles. The number of rotatable bonds is 0. The second kappa shape index (κ2) is 3.77. The molecule has 0 spiro atoms. The molecular weight excluding hydrogens is 198 g/mol. The van der Waals surface area contributed by atoms with E-state index in [1.165, 1.54) is 5.57 Å². The monoisotopic (exact) mass is 211 g/mol. The fraction of sp³-hybridized carbons (Fsp3) is 0.600. The molecule has 0 aromatic rings. The van der Waals surface area contributed by atoms with Gasteiger partial charge in [0.1, 0.15) is 0 Å². The van der Waals surface area contributed by atoms with Gasteiger partial charge in [0.2, 0.25) is 5.91 Å². The molecule has 0 saturated carbocycles. The van der Waals surface area contributed by atoms with E-state index in [9.17, 15) is 9.59 Å². The lowest BCUT2D eigenvalue weighted by Crippen LogP contribution is -2.21. The summed E-state index contributed by atoms with van der Waals surface area (Å²) in [7, 11) is 0. The van der Waals surface area contributed by atoms with Crippen molar-refractivity contribution in [2.75, 3.05) is 5.75 Å². The molecule has 2 saturated heterocycles. The van der Waals surface area contributed by atoms with E-state index in [1.54, 1.807) is 0 Å². The minimum atomic E-state index is -0.167. The lowest BCUT2D eigenvalue weighted by atomic mass is 9.99. The van der Waals surface area contributed by atoms with Crippen molar-refractivity contribution in [3.05, 3.63) is 11.1 Å². The Kier molecular flexibility index (Phi) is 2.63. The normalized spacial score (nSPS) is 33.4. The topological polar surface area (TPSA) is 46.2 Å². The zero-order valence-electron chi connectivity index (χ0n) is 8.13. The molecule has 1 N–H and O–H groups in total. The smallest absolute Gasteiger partial charge is 0.254 e. The van der Waals surface area contributed by atoms with Gasteiger partial charge in [0, 0.05) is 10.8 Å².